The van der Waals surface area contributed by atoms with E-state index in [9.17, 15) is 4.39 Å². The molecule has 0 saturated carbocycles. The van der Waals surface area contributed by atoms with E-state index in [0.29, 0.717) is 30.8 Å². The predicted molar refractivity (Wildman–Crippen MR) is 139 cm³/mol. The van der Waals surface area contributed by atoms with Crippen molar-refractivity contribution in [3.63, 3.8) is 0 Å². The van der Waals surface area contributed by atoms with Gasteiger partial charge in [0.1, 0.15) is 18.2 Å². The van der Waals surface area contributed by atoms with Crippen LogP contribution in [0.25, 0.3) is 33.5 Å². The van der Waals surface area contributed by atoms with Crippen LogP contribution >= 0.6 is 0 Å². The Labute approximate surface area is 214 Å². The highest BCUT2D eigenvalue weighted by molar-refractivity contribution is 5.79. The number of halogens is 1. The lowest BCUT2D eigenvalue weighted by Gasteiger charge is -2.18. The number of hydrogen-bond acceptors (Lipinski definition) is 6. The minimum Gasteiger partial charge on any atom is -0.475 e. The van der Waals surface area contributed by atoms with Gasteiger partial charge in [0.05, 0.1) is 35.2 Å². The number of nitrogens with zero attached hydrogens (tertiary/aromatic N) is 5. The molecule has 0 N–H and O–H groups in total. The second-order valence-electron chi connectivity index (χ2n) is 9.02. The van der Waals surface area contributed by atoms with Crippen molar-refractivity contribution in [2.75, 3.05) is 13.2 Å². The molecule has 6 rings (SSSR count). The maximum atomic E-state index is 13.7. The summed E-state index contributed by atoms with van der Waals surface area (Å²) in [6, 6.07) is 20.5. The van der Waals surface area contributed by atoms with Gasteiger partial charge in [0.2, 0.25) is 5.88 Å². The molecule has 3 aromatic heterocycles. The van der Waals surface area contributed by atoms with E-state index >= 15 is 0 Å². The topological polar surface area (TPSA) is 75.0 Å². The summed E-state index contributed by atoms with van der Waals surface area (Å²) in [5.41, 5.74) is 4.03. The molecular formula is C29H26FN5O2. The quantitative estimate of drug-likeness (QED) is 0.261. The standard InChI is InChI=1S/C29H26FN5O2/c1-2-17-36-29-31-16-15-24(33-29)28-27(20-7-10-21(30)11-8-20)34-25-13-12-22(35(25)28)18-37-26-14-9-19-5-3-4-6-23(19)32-26/h3-11,14-16,22H,2,12-13,17-18H2,1H3. The van der Waals surface area contributed by atoms with Crippen LogP contribution in [-0.4, -0.2) is 37.7 Å². The molecular weight excluding hydrogens is 469 g/mol. The van der Waals surface area contributed by atoms with Crippen molar-refractivity contribution in [1.29, 1.82) is 0 Å². The molecule has 0 bridgehead atoms. The summed E-state index contributed by atoms with van der Waals surface area (Å²) in [5, 5.41) is 1.07. The second-order valence-corrected chi connectivity index (χ2v) is 9.02. The van der Waals surface area contributed by atoms with Crippen molar-refractivity contribution in [2.45, 2.75) is 32.2 Å². The van der Waals surface area contributed by atoms with Crippen LogP contribution in [0.5, 0.6) is 11.9 Å². The summed E-state index contributed by atoms with van der Waals surface area (Å²) < 4.78 is 27.8. The summed E-state index contributed by atoms with van der Waals surface area (Å²) in [6.45, 7) is 3.01. The van der Waals surface area contributed by atoms with E-state index < -0.39 is 0 Å². The van der Waals surface area contributed by atoms with Gasteiger partial charge in [-0.2, -0.15) is 4.98 Å². The van der Waals surface area contributed by atoms with Gasteiger partial charge in [-0.25, -0.2) is 19.3 Å². The first-order valence-electron chi connectivity index (χ1n) is 12.5. The fourth-order valence-corrected chi connectivity index (χ4v) is 4.73. The van der Waals surface area contributed by atoms with Gasteiger partial charge in [0.25, 0.3) is 0 Å². The van der Waals surface area contributed by atoms with Crippen LogP contribution in [0.2, 0.25) is 0 Å². The number of para-hydroxylation sites is 1. The molecule has 1 aliphatic rings. The molecule has 37 heavy (non-hydrogen) atoms. The van der Waals surface area contributed by atoms with Crippen LogP contribution in [0.1, 0.15) is 31.6 Å². The molecule has 186 valence electrons. The Hall–Kier alpha value is -4.33. The summed E-state index contributed by atoms with van der Waals surface area (Å²) in [4.78, 5) is 18.6. The highest BCUT2D eigenvalue weighted by Crippen LogP contribution is 2.39. The Bertz CT molecular complexity index is 1550. The van der Waals surface area contributed by atoms with E-state index in [-0.39, 0.29) is 11.9 Å². The average molecular weight is 496 g/mol. The Morgan fingerprint density at radius 3 is 2.68 bits per heavy atom. The van der Waals surface area contributed by atoms with Gasteiger partial charge in [-0.15, -0.1) is 0 Å². The van der Waals surface area contributed by atoms with Crippen LogP contribution in [0.3, 0.4) is 0 Å². The number of ether oxygens (including phenoxy) is 2. The third-order valence-electron chi connectivity index (χ3n) is 6.48. The first-order chi connectivity index (χ1) is 18.2. The van der Waals surface area contributed by atoms with Crippen LogP contribution < -0.4 is 9.47 Å². The predicted octanol–water partition coefficient (Wildman–Crippen LogP) is 6.05. The average Bonchev–Trinajstić information content (AvgIpc) is 3.51. The Morgan fingerprint density at radius 2 is 1.81 bits per heavy atom. The maximum Gasteiger partial charge on any atom is 0.316 e. The maximum absolute atomic E-state index is 13.7. The first-order valence-corrected chi connectivity index (χ1v) is 12.5. The number of benzene rings is 2. The molecule has 1 aliphatic heterocycles. The van der Waals surface area contributed by atoms with E-state index in [1.54, 1.807) is 18.3 Å². The number of hydrogen-bond donors (Lipinski definition) is 0. The fraction of sp³-hybridized carbons (Fsp3) is 0.241. The van der Waals surface area contributed by atoms with Crippen LogP contribution in [0, 0.1) is 5.82 Å². The van der Waals surface area contributed by atoms with Gasteiger partial charge in [-0.1, -0.05) is 25.1 Å². The smallest absolute Gasteiger partial charge is 0.316 e. The zero-order valence-corrected chi connectivity index (χ0v) is 20.5. The van der Waals surface area contributed by atoms with Gasteiger partial charge in [-0.3, -0.25) is 0 Å². The number of pyridine rings is 1. The van der Waals surface area contributed by atoms with Crippen molar-refractivity contribution in [3.8, 4) is 34.5 Å². The summed E-state index contributed by atoms with van der Waals surface area (Å²) in [6.07, 6.45) is 4.24. The zero-order valence-electron chi connectivity index (χ0n) is 20.5. The molecule has 1 atom stereocenters. The molecule has 4 heterocycles. The normalized spacial score (nSPS) is 14.6. The number of imidazole rings is 1. The molecule has 5 aromatic rings. The Morgan fingerprint density at radius 1 is 0.946 bits per heavy atom. The molecule has 0 amide bonds. The van der Waals surface area contributed by atoms with Crippen LogP contribution in [0.15, 0.2) is 72.9 Å². The minimum absolute atomic E-state index is 0.0370. The zero-order chi connectivity index (χ0) is 25.2. The molecule has 0 saturated heterocycles. The number of aryl methyl sites for hydroxylation is 1. The largest absolute Gasteiger partial charge is 0.475 e. The summed E-state index contributed by atoms with van der Waals surface area (Å²) in [5.74, 6) is 1.25. The third-order valence-corrected chi connectivity index (χ3v) is 6.48. The van der Waals surface area contributed by atoms with Crippen LogP contribution in [-0.2, 0) is 6.42 Å². The third kappa shape index (κ3) is 4.62. The van der Waals surface area contributed by atoms with Gasteiger partial charge in [0, 0.05) is 29.6 Å². The van der Waals surface area contributed by atoms with E-state index in [1.165, 1.54) is 12.1 Å². The second kappa shape index (κ2) is 9.97. The molecule has 0 aliphatic carbocycles. The highest BCUT2D eigenvalue weighted by atomic mass is 19.1. The van der Waals surface area contributed by atoms with Gasteiger partial charge in [0.15, 0.2) is 0 Å². The van der Waals surface area contributed by atoms with E-state index in [0.717, 1.165) is 52.9 Å². The van der Waals surface area contributed by atoms with Gasteiger partial charge < -0.3 is 14.0 Å². The summed E-state index contributed by atoms with van der Waals surface area (Å²) >= 11 is 0. The van der Waals surface area contributed by atoms with Crippen molar-refractivity contribution in [1.82, 2.24) is 24.5 Å². The SMILES string of the molecule is CCCOc1nccc(-c2c(-c3ccc(F)cc3)nc3n2C(COc2ccc4ccccc4n2)CC3)n1. The summed E-state index contributed by atoms with van der Waals surface area (Å²) in [7, 11) is 0. The lowest BCUT2D eigenvalue weighted by atomic mass is 10.1. The lowest BCUT2D eigenvalue weighted by molar-refractivity contribution is 0.248. The number of aromatic nitrogens is 5. The molecule has 0 spiro atoms. The van der Waals surface area contributed by atoms with E-state index in [4.69, 9.17) is 19.4 Å². The first kappa shape index (κ1) is 23.1. The van der Waals surface area contributed by atoms with E-state index in [1.807, 2.05) is 49.4 Å². The molecule has 8 heteroatoms. The van der Waals surface area contributed by atoms with Crippen LogP contribution in [0.4, 0.5) is 4.39 Å². The molecule has 1 unspecified atom stereocenters. The molecule has 0 radical (unpaired) electrons. The highest BCUT2D eigenvalue weighted by Gasteiger charge is 2.31. The number of rotatable bonds is 8. The van der Waals surface area contributed by atoms with E-state index in [2.05, 4.69) is 14.5 Å². The molecule has 0 fully saturated rings. The number of fused-ring (bicyclic) bond motifs is 2. The fourth-order valence-electron chi connectivity index (χ4n) is 4.73. The van der Waals surface area contributed by atoms with Crippen molar-refractivity contribution >= 4 is 10.9 Å². The molecule has 7 nitrogen and oxygen atoms in total. The van der Waals surface area contributed by atoms with Crippen molar-refractivity contribution in [2.24, 2.45) is 0 Å². The van der Waals surface area contributed by atoms with Crippen molar-refractivity contribution in [3.05, 3.63) is 84.6 Å². The monoisotopic (exact) mass is 495 g/mol. The minimum atomic E-state index is -0.288. The van der Waals surface area contributed by atoms with Gasteiger partial charge >= 0.3 is 6.01 Å². The lowest BCUT2D eigenvalue weighted by Crippen LogP contribution is -2.15. The van der Waals surface area contributed by atoms with Gasteiger partial charge in [-0.05, 0) is 55.3 Å². The Balaban J connectivity index is 1.37. The molecule has 2 aromatic carbocycles. The van der Waals surface area contributed by atoms with Crippen molar-refractivity contribution < 1.29 is 13.9 Å². The Kier molecular flexibility index (Phi) is 6.22.